The van der Waals surface area contributed by atoms with Crippen LogP contribution in [0.4, 0.5) is 11.4 Å². The standard InChI is InChI=1S/C38H36Cl2N4O9S2/c1-21-27-17-31(39)35(19-33(27)52-37(45)29(21)15-23-9-7-11-25(13-23)41-54(47,48)43(3)4)51-36-20-34-28(18-32(36)40)22(2)30(38(46)53-34)16-24-10-8-12-26(14-24)42-55(49,50)44(5)6/h7-14,17-20,41-42H,15-16H2,1-6H3. The number of anilines is 2. The number of hydrogen-bond acceptors (Lipinski definition) is 9. The smallest absolute Gasteiger partial charge is 0.340 e. The van der Waals surface area contributed by atoms with Crippen LogP contribution < -0.4 is 25.4 Å². The minimum atomic E-state index is -3.72. The van der Waals surface area contributed by atoms with Gasteiger partial charge in [-0.3, -0.25) is 9.44 Å². The average molecular weight is 828 g/mol. The summed E-state index contributed by atoms with van der Waals surface area (Å²) in [6.45, 7) is 3.54. The van der Waals surface area contributed by atoms with E-state index in [0.717, 1.165) is 8.61 Å². The topological polar surface area (TPSA) is 168 Å². The Morgan fingerprint density at radius 2 is 1.00 bits per heavy atom. The van der Waals surface area contributed by atoms with Crippen LogP contribution in [0.1, 0.15) is 33.4 Å². The molecule has 0 aliphatic heterocycles. The van der Waals surface area contributed by atoms with E-state index in [-0.39, 0.29) is 45.6 Å². The molecule has 2 aromatic heterocycles. The van der Waals surface area contributed by atoms with Gasteiger partial charge < -0.3 is 13.6 Å². The Morgan fingerprint density at radius 3 is 1.36 bits per heavy atom. The fraction of sp³-hybridized carbons (Fsp3) is 0.211. The maximum absolute atomic E-state index is 13.3. The number of fused-ring (bicyclic) bond motifs is 2. The van der Waals surface area contributed by atoms with Crippen LogP contribution in [0.25, 0.3) is 21.9 Å². The zero-order chi connectivity index (χ0) is 40.0. The van der Waals surface area contributed by atoms with Crippen molar-refractivity contribution in [2.75, 3.05) is 37.6 Å². The van der Waals surface area contributed by atoms with E-state index in [9.17, 15) is 26.4 Å². The van der Waals surface area contributed by atoms with Gasteiger partial charge >= 0.3 is 31.7 Å². The normalized spacial score (nSPS) is 12.2. The highest BCUT2D eigenvalue weighted by Crippen LogP contribution is 2.39. The van der Waals surface area contributed by atoms with E-state index in [1.807, 2.05) is 0 Å². The van der Waals surface area contributed by atoms with E-state index in [1.54, 1.807) is 74.5 Å². The van der Waals surface area contributed by atoms with Gasteiger partial charge in [-0.15, -0.1) is 0 Å². The molecule has 2 heterocycles. The molecule has 0 saturated heterocycles. The Hall–Kier alpha value is -4.90. The van der Waals surface area contributed by atoms with E-state index in [0.29, 0.717) is 55.5 Å². The minimum absolute atomic E-state index is 0.132. The summed E-state index contributed by atoms with van der Waals surface area (Å²) in [5.41, 5.74) is 3.28. The van der Waals surface area contributed by atoms with Crippen molar-refractivity contribution in [1.82, 2.24) is 8.61 Å². The Labute approximate surface area is 327 Å². The van der Waals surface area contributed by atoms with Crippen molar-refractivity contribution in [3.8, 4) is 11.5 Å². The molecule has 288 valence electrons. The molecule has 2 N–H and O–H groups in total. The largest absolute Gasteiger partial charge is 0.454 e. The summed E-state index contributed by atoms with van der Waals surface area (Å²) in [7, 11) is -1.78. The number of halogens is 2. The fourth-order valence-electron chi connectivity index (χ4n) is 5.84. The van der Waals surface area contributed by atoms with E-state index >= 15 is 0 Å². The maximum atomic E-state index is 13.3. The van der Waals surface area contributed by atoms with Crippen LogP contribution in [0, 0.1) is 13.8 Å². The number of hydrogen-bond donors (Lipinski definition) is 2. The highest BCUT2D eigenvalue weighted by molar-refractivity contribution is 7.90. The van der Waals surface area contributed by atoms with E-state index in [4.69, 9.17) is 36.8 Å². The highest BCUT2D eigenvalue weighted by Gasteiger charge is 2.20. The van der Waals surface area contributed by atoms with Crippen molar-refractivity contribution < 1.29 is 30.4 Å². The van der Waals surface area contributed by atoms with Crippen molar-refractivity contribution in [1.29, 1.82) is 0 Å². The molecule has 0 bridgehead atoms. The van der Waals surface area contributed by atoms with Gasteiger partial charge in [0.15, 0.2) is 0 Å². The minimum Gasteiger partial charge on any atom is -0.454 e. The van der Waals surface area contributed by atoms with Gasteiger partial charge in [-0.1, -0.05) is 47.5 Å². The van der Waals surface area contributed by atoms with Crippen LogP contribution in [-0.2, 0) is 33.3 Å². The zero-order valence-electron chi connectivity index (χ0n) is 30.5. The first-order valence-corrected chi connectivity index (χ1v) is 20.2. The molecule has 0 amide bonds. The lowest BCUT2D eigenvalue weighted by Gasteiger charge is -2.15. The summed E-state index contributed by atoms with van der Waals surface area (Å²) >= 11 is 13.4. The van der Waals surface area contributed by atoms with E-state index in [2.05, 4.69) is 9.44 Å². The van der Waals surface area contributed by atoms with Crippen LogP contribution in [0.2, 0.25) is 10.0 Å². The quantitative estimate of drug-likeness (QED) is 0.121. The van der Waals surface area contributed by atoms with Crippen molar-refractivity contribution in [2.24, 2.45) is 0 Å². The first-order chi connectivity index (χ1) is 25.8. The van der Waals surface area contributed by atoms with Gasteiger partial charge in [0.05, 0.1) is 21.4 Å². The van der Waals surface area contributed by atoms with Crippen LogP contribution >= 0.6 is 23.2 Å². The summed E-state index contributed by atoms with van der Waals surface area (Å²) in [5.74, 6) is 0.263. The number of nitrogens with one attached hydrogen (secondary N) is 2. The number of benzene rings is 4. The molecule has 0 saturated carbocycles. The first-order valence-electron chi connectivity index (χ1n) is 16.6. The van der Waals surface area contributed by atoms with Crippen molar-refractivity contribution in [3.05, 3.63) is 137 Å². The molecule has 0 fully saturated rings. The number of ether oxygens (including phenoxy) is 1. The average Bonchev–Trinajstić information content (AvgIpc) is 3.10. The Morgan fingerprint density at radius 1 is 0.618 bits per heavy atom. The second-order valence-corrected chi connectivity index (χ2v) is 17.8. The van der Waals surface area contributed by atoms with Gasteiger partial charge in [0.1, 0.15) is 22.7 Å². The molecule has 0 aliphatic carbocycles. The third-order valence-corrected chi connectivity index (χ3v) is 12.5. The summed E-state index contributed by atoms with van der Waals surface area (Å²) in [5, 5.41) is 1.51. The van der Waals surface area contributed by atoms with Crippen LogP contribution in [0.15, 0.2) is 91.2 Å². The van der Waals surface area contributed by atoms with Crippen molar-refractivity contribution in [3.63, 3.8) is 0 Å². The SMILES string of the molecule is Cc1c(Cc2cccc(NS(=O)(=O)N(C)C)c2)c(=O)oc2cc(Oc3cc4oc(=O)c(Cc5cccc(NS(=O)(=O)N(C)C)c5)c(C)c4cc3Cl)c(Cl)cc12. The maximum Gasteiger partial charge on any atom is 0.340 e. The molecule has 55 heavy (non-hydrogen) atoms. The Kier molecular flexibility index (Phi) is 11.1. The molecule has 6 aromatic rings. The van der Waals surface area contributed by atoms with Crippen LogP contribution in [0.3, 0.4) is 0 Å². The van der Waals surface area contributed by atoms with E-state index in [1.165, 1.54) is 40.3 Å². The van der Waals surface area contributed by atoms with Crippen molar-refractivity contribution >= 4 is 76.9 Å². The summed E-state index contributed by atoms with van der Waals surface area (Å²) < 4.78 is 73.9. The van der Waals surface area contributed by atoms with Crippen molar-refractivity contribution in [2.45, 2.75) is 26.7 Å². The van der Waals surface area contributed by atoms with Gasteiger partial charge in [-0.25, -0.2) is 9.59 Å². The van der Waals surface area contributed by atoms with Gasteiger partial charge in [-0.2, -0.15) is 25.4 Å². The van der Waals surface area contributed by atoms with E-state index < -0.39 is 31.7 Å². The molecular formula is C38H36Cl2N4O9S2. The molecule has 6 rings (SSSR count). The second kappa shape index (κ2) is 15.3. The summed E-state index contributed by atoms with van der Waals surface area (Å²) in [6, 6.07) is 19.6. The number of aryl methyl sites for hydroxylation is 2. The molecule has 0 atom stereocenters. The van der Waals surface area contributed by atoms with Crippen LogP contribution in [0.5, 0.6) is 11.5 Å². The van der Waals surface area contributed by atoms with Gasteiger partial charge in [0.2, 0.25) is 0 Å². The van der Waals surface area contributed by atoms with Gasteiger partial charge in [0, 0.05) is 75.1 Å². The third-order valence-electron chi connectivity index (χ3n) is 8.97. The Balaban J connectivity index is 1.27. The van der Waals surface area contributed by atoms with Gasteiger partial charge in [0.25, 0.3) is 0 Å². The predicted octanol–water partition coefficient (Wildman–Crippen LogP) is 7.23. The number of nitrogens with zero attached hydrogens (tertiary/aromatic N) is 2. The number of rotatable bonds is 12. The third kappa shape index (κ3) is 8.52. The first kappa shape index (κ1) is 39.8. The molecule has 17 heteroatoms. The molecule has 0 aliphatic rings. The summed E-state index contributed by atoms with van der Waals surface area (Å²) in [6.07, 6.45) is 0.336. The predicted molar refractivity (Wildman–Crippen MR) is 215 cm³/mol. The zero-order valence-corrected chi connectivity index (χ0v) is 33.6. The molecule has 0 unspecified atom stereocenters. The fourth-order valence-corrected chi connectivity index (χ4v) is 7.46. The molecule has 13 nitrogen and oxygen atoms in total. The highest BCUT2D eigenvalue weighted by atomic mass is 35.5. The molecule has 4 aromatic carbocycles. The second-order valence-electron chi connectivity index (χ2n) is 13.2. The lowest BCUT2D eigenvalue weighted by Crippen LogP contribution is -2.28. The monoisotopic (exact) mass is 826 g/mol. The summed E-state index contributed by atoms with van der Waals surface area (Å²) in [4.78, 5) is 26.5. The Bertz CT molecular complexity index is 2650. The molecular weight excluding hydrogens is 791 g/mol. The van der Waals surface area contributed by atoms with Gasteiger partial charge in [-0.05, 0) is 72.5 Å². The lowest BCUT2D eigenvalue weighted by molar-refractivity contribution is 0.478. The molecule has 0 radical (unpaired) electrons. The molecule has 0 spiro atoms. The lowest BCUT2D eigenvalue weighted by atomic mass is 9.99. The van der Waals surface area contributed by atoms with Crippen LogP contribution in [-0.4, -0.2) is 53.6 Å².